The summed E-state index contributed by atoms with van der Waals surface area (Å²) in [6, 6.07) is 6.94. The van der Waals surface area contributed by atoms with Gasteiger partial charge in [0.2, 0.25) is 5.82 Å². The summed E-state index contributed by atoms with van der Waals surface area (Å²) in [5.41, 5.74) is -0.233. The maximum atomic E-state index is 11.7. The van der Waals surface area contributed by atoms with Crippen molar-refractivity contribution in [1.82, 2.24) is 14.9 Å². The van der Waals surface area contributed by atoms with Crippen LogP contribution in [0.4, 0.5) is 11.5 Å². The zero-order valence-corrected chi connectivity index (χ0v) is 14.8. The lowest BCUT2D eigenvalue weighted by Gasteiger charge is -2.34. The molecular formula is C17H21N5O4. The number of methoxy groups -OCH3 is 1. The van der Waals surface area contributed by atoms with Crippen molar-refractivity contribution in [2.75, 3.05) is 44.7 Å². The number of rotatable bonds is 6. The summed E-state index contributed by atoms with van der Waals surface area (Å²) in [7, 11) is 1.51. The first-order valence-electron chi connectivity index (χ1n) is 8.41. The highest BCUT2D eigenvalue weighted by Gasteiger charge is 2.30. The Labute approximate surface area is 151 Å². The summed E-state index contributed by atoms with van der Waals surface area (Å²) in [5, 5.41) is 11.7. The lowest BCUT2D eigenvalue weighted by Crippen LogP contribution is -2.46. The number of benzene rings is 1. The van der Waals surface area contributed by atoms with Crippen LogP contribution >= 0.6 is 0 Å². The molecule has 138 valence electrons. The summed E-state index contributed by atoms with van der Waals surface area (Å²) >= 11 is 0. The van der Waals surface area contributed by atoms with Gasteiger partial charge in [0, 0.05) is 26.2 Å². The van der Waals surface area contributed by atoms with Crippen LogP contribution in [-0.2, 0) is 0 Å². The Bertz CT molecular complexity index is 777. The number of nitro groups is 1. The molecule has 0 atom stereocenters. The number of piperazine rings is 1. The van der Waals surface area contributed by atoms with Crippen molar-refractivity contribution in [2.45, 2.75) is 6.92 Å². The van der Waals surface area contributed by atoms with E-state index in [4.69, 9.17) is 9.47 Å². The molecular weight excluding hydrogens is 338 g/mol. The minimum Gasteiger partial charge on any atom is -0.493 e. The van der Waals surface area contributed by atoms with E-state index in [0.29, 0.717) is 24.6 Å². The maximum Gasteiger partial charge on any atom is 0.373 e. The van der Waals surface area contributed by atoms with Crippen molar-refractivity contribution in [3.63, 3.8) is 0 Å². The first kappa shape index (κ1) is 17.9. The van der Waals surface area contributed by atoms with E-state index in [-0.39, 0.29) is 17.4 Å². The molecule has 0 N–H and O–H groups in total. The van der Waals surface area contributed by atoms with Crippen molar-refractivity contribution >= 4 is 11.5 Å². The average molecular weight is 359 g/mol. The Balaban J connectivity index is 1.93. The fourth-order valence-electron chi connectivity index (χ4n) is 2.90. The second kappa shape index (κ2) is 7.96. The molecule has 0 radical (unpaired) electrons. The van der Waals surface area contributed by atoms with Gasteiger partial charge in [-0.2, -0.15) is 4.98 Å². The fraction of sp³-hybridized carbons (Fsp3) is 0.412. The maximum absolute atomic E-state index is 11.7. The second-order valence-corrected chi connectivity index (χ2v) is 5.78. The second-order valence-electron chi connectivity index (χ2n) is 5.78. The molecule has 0 saturated carbocycles. The standard InChI is InChI=1S/C17H21N5O4/c1-3-20-8-10-21(11-9-20)16-15(22(23)24)17(19-12-18-16)26-14-7-5-4-6-13(14)25-2/h4-7,12H,3,8-11H2,1-2H3. The van der Waals surface area contributed by atoms with Gasteiger partial charge in [-0.15, -0.1) is 0 Å². The third-order valence-corrected chi connectivity index (χ3v) is 4.35. The lowest BCUT2D eigenvalue weighted by molar-refractivity contribution is -0.385. The van der Waals surface area contributed by atoms with Gasteiger partial charge in [0.15, 0.2) is 11.5 Å². The van der Waals surface area contributed by atoms with E-state index < -0.39 is 4.92 Å². The molecule has 1 aromatic carbocycles. The van der Waals surface area contributed by atoms with Gasteiger partial charge >= 0.3 is 11.6 Å². The highest BCUT2D eigenvalue weighted by atomic mass is 16.6. The minimum absolute atomic E-state index is 0.0950. The predicted octanol–water partition coefficient (Wildman–Crippen LogP) is 2.33. The molecule has 9 heteroatoms. The molecule has 1 aliphatic rings. The number of nitrogens with zero attached hydrogens (tertiary/aromatic N) is 5. The Kier molecular flexibility index (Phi) is 5.47. The summed E-state index contributed by atoms with van der Waals surface area (Å²) < 4.78 is 10.9. The zero-order chi connectivity index (χ0) is 18.5. The number of aromatic nitrogens is 2. The summed E-state index contributed by atoms with van der Waals surface area (Å²) in [6.07, 6.45) is 1.29. The van der Waals surface area contributed by atoms with Crippen LogP contribution in [0.3, 0.4) is 0 Å². The Morgan fingerprint density at radius 3 is 2.46 bits per heavy atom. The third-order valence-electron chi connectivity index (χ3n) is 4.35. The molecule has 0 bridgehead atoms. The highest BCUT2D eigenvalue weighted by molar-refractivity contribution is 5.64. The molecule has 0 amide bonds. The molecule has 1 saturated heterocycles. The van der Waals surface area contributed by atoms with Crippen LogP contribution in [-0.4, -0.2) is 59.6 Å². The van der Waals surface area contributed by atoms with E-state index >= 15 is 0 Å². The van der Waals surface area contributed by atoms with E-state index in [2.05, 4.69) is 21.8 Å². The van der Waals surface area contributed by atoms with Crippen LogP contribution in [0.5, 0.6) is 17.4 Å². The van der Waals surface area contributed by atoms with E-state index in [1.807, 2.05) is 4.90 Å². The predicted molar refractivity (Wildman–Crippen MR) is 96.1 cm³/mol. The summed E-state index contributed by atoms with van der Waals surface area (Å²) in [5.74, 6) is 1.02. The molecule has 1 aliphatic heterocycles. The number of anilines is 1. The van der Waals surface area contributed by atoms with Gasteiger partial charge in [0.25, 0.3) is 0 Å². The summed E-state index contributed by atoms with van der Waals surface area (Å²) in [6.45, 7) is 6.06. The minimum atomic E-state index is -0.494. The normalized spacial score (nSPS) is 14.9. The number of hydrogen-bond donors (Lipinski definition) is 0. The van der Waals surface area contributed by atoms with Crippen molar-refractivity contribution in [3.8, 4) is 17.4 Å². The Morgan fingerprint density at radius 1 is 1.15 bits per heavy atom. The average Bonchev–Trinajstić information content (AvgIpc) is 2.68. The topological polar surface area (TPSA) is 93.9 Å². The molecule has 2 heterocycles. The van der Waals surface area contributed by atoms with Crippen LogP contribution in [0.2, 0.25) is 0 Å². The third kappa shape index (κ3) is 3.67. The first-order valence-corrected chi connectivity index (χ1v) is 8.41. The molecule has 1 fully saturated rings. The van der Waals surface area contributed by atoms with Crippen molar-refractivity contribution in [2.24, 2.45) is 0 Å². The smallest absolute Gasteiger partial charge is 0.373 e. The van der Waals surface area contributed by atoms with Crippen LogP contribution in [0, 0.1) is 10.1 Å². The van der Waals surface area contributed by atoms with Crippen LogP contribution in [0.1, 0.15) is 6.92 Å². The molecule has 3 rings (SSSR count). The van der Waals surface area contributed by atoms with Crippen LogP contribution < -0.4 is 14.4 Å². The molecule has 0 unspecified atom stereocenters. The van der Waals surface area contributed by atoms with Gasteiger partial charge in [-0.1, -0.05) is 19.1 Å². The Morgan fingerprint density at radius 2 is 1.85 bits per heavy atom. The van der Waals surface area contributed by atoms with Gasteiger partial charge in [-0.25, -0.2) is 4.98 Å². The van der Waals surface area contributed by atoms with Gasteiger partial charge in [-0.3, -0.25) is 10.1 Å². The van der Waals surface area contributed by atoms with E-state index in [0.717, 1.165) is 19.6 Å². The quantitative estimate of drug-likeness (QED) is 0.573. The molecule has 2 aromatic rings. The molecule has 1 aromatic heterocycles. The largest absolute Gasteiger partial charge is 0.493 e. The number of likely N-dealkylation sites (N-methyl/N-ethyl adjacent to an activating group) is 1. The number of hydrogen-bond acceptors (Lipinski definition) is 8. The van der Waals surface area contributed by atoms with Gasteiger partial charge < -0.3 is 19.3 Å². The van der Waals surface area contributed by atoms with Gasteiger partial charge in [0.1, 0.15) is 6.33 Å². The molecule has 0 spiro atoms. The molecule has 26 heavy (non-hydrogen) atoms. The van der Waals surface area contributed by atoms with Crippen molar-refractivity contribution < 1.29 is 14.4 Å². The van der Waals surface area contributed by atoms with Crippen LogP contribution in [0.25, 0.3) is 0 Å². The van der Waals surface area contributed by atoms with E-state index in [1.54, 1.807) is 24.3 Å². The first-order chi connectivity index (χ1) is 12.6. The summed E-state index contributed by atoms with van der Waals surface area (Å²) in [4.78, 5) is 23.6. The number of ether oxygens (including phenoxy) is 2. The Hall–Kier alpha value is -2.94. The lowest BCUT2D eigenvalue weighted by atomic mass is 10.3. The van der Waals surface area contributed by atoms with E-state index in [9.17, 15) is 10.1 Å². The zero-order valence-electron chi connectivity index (χ0n) is 14.8. The monoisotopic (exact) mass is 359 g/mol. The molecule has 9 nitrogen and oxygen atoms in total. The van der Waals surface area contributed by atoms with Crippen molar-refractivity contribution in [1.29, 1.82) is 0 Å². The van der Waals surface area contributed by atoms with Gasteiger partial charge in [0.05, 0.1) is 12.0 Å². The highest BCUT2D eigenvalue weighted by Crippen LogP contribution is 2.38. The molecule has 0 aliphatic carbocycles. The van der Waals surface area contributed by atoms with Crippen molar-refractivity contribution in [3.05, 3.63) is 40.7 Å². The van der Waals surface area contributed by atoms with Gasteiger partial charge in [-0.05, 0) is 18.7 Å². The number of para-hydroxylation sites is 2. The SMILES string of the molecule is CCN1CCN(c2ncnc(Oc3ccccc3OC)c2[N+](=O)[O-])CC1. The van der Waals surface area contributed by atoms with Crippen LogP contribution in [0.15, 0.2) is 30.6 Å². The van der Waals surface area contributed by atoms with E-state index in [1.165, 1.54) is 13.4 Å². The fourth-order valence-corrected chi connectivity index (χ4v) is 2.90.